The van der Waals surface area contributed by atoms with E-state index in [4.69, 9.17) is 0 Å². The van der Waals surface area contributed by atoms with E-state index in [1.807, 2.05) is 0 Å². The minimum absolute atomic E-state index is 0.711. The monoisotopic (exact) mass is 291 g/mol. The third kappa shape index (κ3) is 2.76. The van der Waals surface area contributed by atoms with Gasteiger partial charge >= 0.3 is 0 Å². The van der Waals surface area contributed by atoms with Crippen LogP contribution in [0.2, 0.25) is 0 Å². The normalized spacial score (nSPS) is 11.2. The Morgan fingerprint density at radius 3 is 3.16 bits per heavy atom. The van der Waals surface area contributed by atoms with Gasteiger partial charge in [-0.25, -0.2) is 19.9 Å². The van der Waals surface area contributed by atoms with Gasteiger partial charge in [-0.3, -0.25) is 0 Å². The highest BCUT2D eigenvalue weighted by Crippen LogP contribution is 2.26. The van der Waals surface area contributed by atoms with E-state index in [0.717, 1.165) is 34.8 Å². The number of thioether (sulfide) groups is 1. The number of imidazole rings is 1. The molecule has 0 fully saturated rings. The van der Waals surface area contributed by atoms with Crippen molar-refractivity contribution >= 4 is 34.3 Å². The Kier molecular flexibility index (Phi) is 3.74. The van der Waals surface area contributed by atoms with Crippen molar-refractivity contribution in [1.29, 1.82) is 0 Å². The van der Waals surface area contributed by atoms with Gasteiger partial charge in [0.1, 0.15) is 16.9 Å². The lowest BCUT2D eigenvalue weighted by Crippen LogP contribution is -1.88. The minimum Gasteiger partial charge on any atom is -0.341 e. The lowest BCUT2D eigenvalue weighted by atomic mass is 10.3. The highest BCUT2D eigenvalue weighted by atomic mass is 32.2. The minimum atomic E-state index is 0.711. The van der Waals surface area contributed by atoms with E-state index in [-0.39, 0.29) is 0 Å². The first-order valence-corrected chi connectivity index (χ1v) is 7.93. The number of H-pyrrole nitrogens is 1. The van der Waals surface area contributed by atoms with E-state index in [2.05, 4.69) is 37.2 Å². The van der Waals surface area contributed by atoms with Crippen molar-refractivity contribution in [3.05, 3.63) is 28.7 Å². The van der Waals surface area contributed by atoms with Crippen molar-refractivity contribution in [3.8, 4) is 0 Å². The van der Waals surface area contributed by atoms with Crippen LogP contribution in [-0.2, 0) is 12.2 Å². The number of hydrogen-bond acceptors (Lipinski definition) is 6. The summed E-state index contributed by atoms with van der Waals surface area (Å²) < 4.78 is 0. The van der Waals surface area contributed by atoms with Crippen LogP contribution in [0.25, 0.3) is 11.2 Å². The number of aromatic nitrogens is 5. The van der Waals surface area contributed by atoms with Crippen LogP contribution in [0.5, 0.6) is 0 Å². The number of hydrogen-bond donors (Lipinski definition) is 1. The molecule has 98 valence electrons. The summed E-state index contributed by atoms with van der Waals surface area (Å²) in [5, 5.41) is 4.27. The van der Waals surface area contributed by atoms with Crippen LogP contribution in [0.3, 0.4) is 0 Å². The molecule has 0 aliphatic carbocycles. The predicted molar refractivity (Wildman–Crippen MR) is 77.4 cm³/mol. The molecule has 0 atom stereocenters. The van der Waals surface area contributed by atoms with Gasteiger partial charge in [0.2, 0.25) is 0 Å². The average Bonchev–Trinajstić information content (AvgIpc) is 3.05. The zero-order valence-electron chi connectivity index (χ0n) is 10.5. The molecular weight excluding hydrogens is 278 g/mol. The van der Waals surface area contributed by atoms with E-state index in [9.17, 15) is 0 Å². The third-order valence-electron chi connectivity index (χ3n) is 2.61. The van der Waals surface area contributed by atoms with E-state index in [0.29, 0.717) is 5.65 Å². The van der Waals surface area contributed by atoms with Gasteiger partial charge in [0.15, 0.2) is 5.65 Å². The summed E-state index contributed by atoms with van der Waals surface area (Å²) in [6.45, 7) is 2.17. The van der Waals surface area contributed by atoms with E-state index < -0.39 is 0 Å². The Balaban J connectivity index is 1.73. The second kappa shape index (κ2) is 5.66. The molecule has 3 heterocycles. The van der Waals surface area contributed by atoms with Gasteiger partial charge in [-0.15, -0.1) is 11.3 Å². The van der Waals surface area contributed by atoms with Crippen molar-refractivity contribution in [2.45, 2.75) is 30.5 Å². The number of rotatable bonds is 5. The van der Waals surface area contributed by atoms with Crippen molar-refractivity contribution in [1.82, 2.24) is 24.9 Å². The second-order valence-electron chi connectivity index (χ2n) is 4.05. The maximum absolute atomic E-state index is 4.61. The number of thiazole rings is 1. The van der Waals surface area contributed by atoms with Crippen LogP contribution < -0.4 is 0 Å². The standard InChI is InChI=1S/C12H13N5S2/c1-2-3-9-17-8(4-18-9)5-19-12-10-11(14-6-13-10)15-7-16-12/h4,6-7H,2-3,5H2,1H3,(H,13,14,15,16). The molecule has 0 saturated heterocycles. The van der Waals surface area contributed by atoms with Crippen LogP contribution in [-0.4, -0.2) is 24.9 Å². The van der Waals surface area contributed by atoms with Gasteiger partial charge in [-0.2, -0.15) is 0 Å². The molecule has 0 aliphatic rings. The van der Waals surface area contributed by atoms with E-state index >= 15 is 0 Å². The van der Waals surface area contributed by atoms with Crippen molar-refractivity contribution in [3.63, 3.8) is 0 Å². The molecule has 3 aromatic heterocycles. The Morgan fingerprint density at radius 2 is 2.26 bits per heavy atom. The molecule has 5 nitrogen and oxygen atoms in total. The van der Waals surface area contributed by atoms with Gasteiger partial charge in [-0.05, 0) is 12.8 Å². The highest BCUT2D eigenvalue weighted by molar-refractivity contribution is 7.98. The third-order valence-corrected chi connectivity index (χ3v) is 4.59. The summed E-state index contributed by atoms with van der Waals surface area (Å²) in [6, 6.07) is 0. The number of nitrogens with one attached hydrogen (secondary N) is 1. The van der Waals surface area contributed by atoms with Gasteiger partial charge in [0.05, 0.1) is 17.0 Å². The fraction of sp³-hybridized carbons (Fsp3) is 0.333. The molecule has 0 amide bonds. The largest absolute Gasteiger partial charge is 0.341 e. The van der Waals surface area contributed by atoms with Crippen molar-refractivity contribution in [2.75, 3.05) is 0 Å². The fourth-order valence-corrected chi connectivity index (χ4v) is 3.59. The first kappa shape index (κ1) is 12.6. The molecule has 0 radical (unpaired) electrons. The molecule has 0 saturated carbocycles. The SMILES string of the molecule is CCCc1nc(CSc2ncnc3nc[nH]c23)cs1. The maximum atomic E-state index is 4.61. The smallest absolute Gasteiger partial charge is 0.181 e. The number of aryl methyl sites for hydroxylation is 1. The first-order valence-electron chi connectivity index (χ1n) is 6.07. The van der Waals surface area contributed by atoms with Crippen LogP contribution in [0.4, 0.5) is 0 Å². The summed E-state index contributed by atoms with van der Waals surface area (Å²) >= 11 is 3.40. The number of fused-ring (bicyclic) bond motifs is 1. The van der Waals surface area contributed by atoms with Gasteiger partial charge < -0.3 is 4.98 Å². The lowest BCUT2D eigenvalue weighted by Gasteiger charge is -1.99. The Morgan fingerprint density at radius 1 is 1.32 bits per heavy atom. The van der Waals surface area contributed by atoms with Crippen molar-refractivity contribution < 1.29 is 0 Å². The van der Waals surface area contributed by atoms with Crippen LogP contribution >= 0.6 is 23.1 Å². The molecule has 0 aliphatic heterocycles. The Bertz CT molecular complexity index is 675. The zero-order chi connectivity index (χ0) is 13.1. The van der Waals surface area contributed by atoms with Gasteiger partial charge in [0.25, 0.3) is 0 Å². The molecule has 3 rings (SSSR count). The Hall–Kier alpha value is -1.47. The second-order valence-corrected chi connectivity index (χ2v) is 5.96. The topological polar surface area (TPSA) is 67.3 Å². The van der Waals surface area contributed by atoms with Gasteiger partial charge in [0, 0.05) is 11.1 Å². The van der Waals surface area contributed by atoms with Crippen LogP contribution in [0, 0.1) is 0 Å². The molecule has 7 heteroatoms. The summed E-state index contributed by atoms with van der Waals surface area (Å²) in [5.41, 5.74) is 2.73. The summed E-state index contributed by atoms with van der Waals surface area (Å²) in [5.74, 6) is 0.825. The molecule has 0 spiro atoms. The van der Waals surface area contributed by atoms with Crippen LogP contribution in [0.1, 0.15) is 24.0 Å². The van der Waals surface area contributed by atoms with Gasteiger partial charge in [-0.1, -0.05) is 18.7 Å². The quantitative estimate of drug-likeness (QED) is 0.578. The van der Waals surface area contributed by atoms with E-state index in [1.54, 1.807) is 35.8 Å². The molecule has 3 aromatic rings. The summed E-state index contributed by atoms with van der Waals surface area (Å²) in [6.07, 6.45) is 5.40. The molecule has 0 bridgehead atoms. The van der Waals surface area contributed by atoms with E-state index in [1.165, 1.54) is 5.01 Å². The fourth-order valence-electron chi connectivity index (χ4n) is 1.74. The zero-order valence-corrected chi connectivity index (χ0v) is 12.1. The lowest BCUT2D eigenvalue weighted by molar-refractivity contribution is 0.902. The molecule has 1 N–H and O–H groups in total. The van der Waals surface area contributed by atoms with Crippen LogP contribution in [0.15, 0.2) is 23.1 Å². The average molecular weight is 291 g/mol. The highest BCUT2D eigenvalue weighted by Gasteiger charge is 2.08. The number of aromatic amines is 1. The Labute approximate surface area is 118 Å². The van der Waals surface area contributed by atoms with Crippen molar-refractivity contribution in [2.24, 2.45) is 0 Å². The summed E-state index contributed by atoms with van der Waals surface area (Å²) in [4.78, 5) is 20.2. The maximum Gasteiger partial charge on any atom is 0.181 e. The molecule has 0 unspecified atom stereocenters. The molecular formula is C12H13N5S2. The number of nitrogens with zero attached hydrogens (tertiary/aromatic N) is 4. The molecule has 0 aromatic carbocycles. The predicted octanol–water partition coefficient (Wildman–Crippen LogP) is 3.05. The summed E-state index contributed by atoms with van der Waals surface area (Å²) in [7, 11) is 0. The molecule has 19 heavy (non-hydrogen) atoms. The first-order chi connectivity index (χ1) is 9.36.